The van der Waals surface area contributed by atoms with Gasteiger partial charge in [-0.25, -0.2) is 4.79 Å². The highest BCUT2D eigenvalue weighted by atomic mass is 32.1. The van der Waals surface area contributed by atoms with Gasteiger partial charge in [-0.2, -0.15) is 0 Å². The molecule has 0 N–H and O–H groups in total. The molecule has 1 aromatic carbocycles. The predicted octanol–water partition coefficient (Wildman–Crippen LogP) is 3.75. The molecule has 2 aromatic rings. The van der Waals surface area contributed by atoms with Crippen molar-refractivity contribution in [2.75, 3.05) is 0 Å². The summed E-state index contributed by atoms with van der Waals surface area (Å²) >= 11 is 1.35. The largest absolute Gasteiger partial charge is 0.487 e. The molecular formula is C14H14O3S. The maximum Gasteiger partial charge on any atom is 0.353 e. The molecule has 1 aromatic heterocycles. The molecule has 0 aliphatic heterocycles. The molecule has 0 fully saturated rings. The van der Waals surface area contributed by atoms with Gasteiger partial charge in [0, 0.05) is 0 Å². The second-order valence-corrected chi connectivity index (χ2v) is 4.93. The minimum absolute atomic E-state index is 0.0339. The number of esters is 1. The van der Waals surface area contributed by atoms with Crippen LogP contribution in [-0.4, -0.2) is 12.1 Å². The van der Waals surface area contributed by atoms with Gasteiger partial charge in [0.15, 0.2) is 11.5 Å². The van der Waals surface area contributed by atoms with Gasteiger partial charge < -0.3 is 9.47 Å². The van der Waals surface area contributed by atoms with E-state index in [0.717, 1.165) is 0 Å². The molecule has 4 heteroatoms. The van der Waals surface area contributed by atoms with Crippen LogP contribution in [0.4, 0.5) is 0 Å². The Morgan fingerprint density at radius 1 is 1.11 bits per heavy atom. The molecule has 3 nitrogen and oxygen atoms in total. The Bertz CT molecular complexity index is 518. The minimum Gasteiger partial charge on any atom is -0.487 e. The molecule has 0 radical (unpaired) electrons. The summed E-state index contributed by atoms with van der Waals surface area (Å²) in [6, 6.07) is 10.7. The van der Waals surface area contributed by atoms with Crippen LogP contribution in [0.15, 0.2) is 41.8 Å². The normalized spacial score (nSPS) is 10.4. The topological polar surface area (TPSA) is 35.5 Å². The van der Waals surface area contributed by atoms with Gasteiger partial charge in [-0.05, 0) is 37.4 Å². The summed E-state index contributed by atoms with van der Waals surface area (Å²) in [4.78, 5) is 12.4. The monoisotopic (exact) mass is 262 g/mol. The molecule has 0 atom stereocenters. The molecule has 0 bridgehead atoms. The molecule has 0 unspecified atom stereocenters. The highest BCUT2D eigenvalue weighted by Gasteiger charge is 2.13. The molecule has 0 saturated carbocycles. The highest BCUT2D eigenvalue weighted by Crippen LogP contribution is 2.28. The van der Waals surface area contributed by atoms with E-state index in [2.05, 4.69) is 0 Å². The average molecular weight is 262 g/mol. The van der Waals surface area contributed by atoms with Gasteiger partial charge in [0.2, 0.25) is 0 Å². The van der Waals surface area contributed by atoms with Crippen LogP contribution in [0.1, 0.15) is 23.5 Å². The highest BCUT2D eigenvalue weighted by molar-refractivity contribution is 7.12. The molecule has 0 spiro atoms. The summed E-state index contributed by atoms with van der Waals surface area (Å²) in [5.74, 6) is 0.673. The molecule has 0 aliphatic rings. The second kappa shape index (κ2) is 5.69. The van der Waals surface area contributed by atoms with E-state index in [9.17, 15) is 4.79 Å². The number of hydrogen-bond acceptors (Lipinski definition) is 4. The number of carbonyl (C=O) groups is 1. The van der Waals surface area contributed by atoms with Crippen molar-refractivity contribution in [3.05, 3.63) is 46.7 Å². The first-order valence-electron chi connectivity index (χ1n) is 5.68. The van der Waals surface area contributed by atoms with Crippen molar-refractivity contribution in [3.8, 4) is 11.5 Å². The molecular weight excluding hydrogens is 248 g/mol. The van der Waals surface area contributed by atoms with Gasteiger partial charge in [-0.1, -0.05) is 18.2 Å². The van der Waals surface area contributed by atoms with Crippen molar-refractivity contribution in [2.45, 2.75) is 20.0 Å². The zero-order valence-electron chi connectivity index (χ0n) is 10.3. The maximum absolute atomic E-state index is 11.8. The number of hydrogen-bond donors (Lipinski definition) is 0. The third-order valence-corrected chi connectivity index (χ3v) is 2.99. The lowest BCUT2D eigenvalue weighted by atomic mass is 10.3. The fourth-order valence-electron chi connectivity index (χ4n) is 1.43. The number of carbonyl (C=O) groups excluding carboxylic acids is 1. The first-order valence-corrected chi connectivity index (χ1v) is 6.56. The van der Waals surface area contributed by atoms with Crippen molar-refractivity contribution in [3.63, 3.8) is 0 Å². The van der Waals surface area contributed by atoms with Crippen LogP contribution in [0.5, 0.6) is 11.5 Å². The number of rotatable bonds is 4. The summed E-state index contributed by atoms with van der Waals surface area (Å²) in [6.07, 6.45) is 0.0339. The van der Waals surface area contributed by atoms with Gasteiger partial charge in [0.05, 0.1) is 6.10 Å². The van der Waals surface area contributed by atoms with Crippen LogP contribution >= 0.6 is 11.3 Å². The minimum atomic E-state index is -0.357. The third kappa shape index (κ3) is 3.11. The van der Waals surface area contributed by atoms with Crippen LogP contribution in [0.3, 0.4) is 0 Å². The Morgan fingerprint density at radius 3 is 2.44 bits per heavy atom. The Kier molecular flexibility index (Phi) is 3.99. The van der Waals surface area contributed by atoms with Crippen molar-refractivity contribution >= 4 is 17.3 Å². The van der Waals surface area contributed by atoms with E-state index in [1.54, 1.807) is 18.2 Å². The van der Waals surface area contributed by atoms with Crippen molar-refractivity contribution in [1.29, 1.82) is 0 Å². The fourth-order valence-corrected chi connectivity index (χ4v) is 2.03. The van der Waals surface area contributed by atoms with Gasteiger partial charge in [-0.15, -0.1) is 11.3 Å². The fraction of sp³-hybridized carbons (Fsp3) is 0.214. The third-order valence-electron chi connectivity index (χ3n) is 2.14. The Balaban J connectivity index is 2.16. The molecule has 1 heterocycles. The summed E-state index contributed by atoms with van der Waals surface area (Å²) in [5.41, 5.74) is 0. The van der Waals surface area contributed by atoms with E-state index in [4.69, 9.17) is 9.47 Å². The lowest BCUT2D eigenvalue weighted by molar-refractivity contribution is 0.0730. The summed E-state index contributed by atoms with van der Waals surface area (Å²) in [6.45, 7) is 3.86. The lowest BCUT2D eigenvalue weighted by Crippen LogP contribution is -2.10. The van der Waals surface area contributed by atoms with Crippen molar-refractivity contribution in [1.82, 2.24) is 0 Å². The van der Waals surface area contributed by atoms with E-state index in [1.807, 2.05) is 37.4 Å². The van der Waals surface area contributed by atoms with Crippen LogP contribution in [0, 0.1) is 0 Å². The smallest absolute Gasteiger partial charge is 0.353 e. The van der Waals surface area contributed by atoms with Gasteiger partial charge >= 0.3 is 5.97 Å². The quantitative estimate of drug-likeness (QED) is 0.621. The Labute approximate surface area is 110 Å². The Hall–Kier alpha value is -1.81. The van der Waals surface area contributed by atoms with Crippen molar-refractivity contribution in [2.24, 2.45) is 0 Å². The van der Waals surface area contributed by atoms with E-state index < -0.39 is 0 Å². The zero-order chi connectivity index (χ0) is 13.0. The SMILES string of the molecule is CC(C)Oc1ccccc1OC(=O)c1cccs1. The maximum atomic E-state index is 11.8. The molecule has 0 amide bonds. The van der Waals surface area contributed by atoms with Crippen LogP contribution in [-0.2, 0) is 0 Å². The Morgan fingerprint density at radius 2 is 1.83 bits per heavy atom. The molecule has 0 aliphatic carbocycles. The summed E-state index contributed by atoms with van der Waals surface area (Å²) < 4.78 is 10.9. The lowest BCUT2D eigenvalue weighted by Gasteiger charge is -2.13. The predicted molar refractivity (Wildman–Crippen MR) is 71.5 cm³/mol. The van der Waals surface area contributed by atoms with Gasteiger partial charge in [0.1, 0.15) is 4.88 Å². The van der Waals surface area contributed by atoms with Crippen LogP contribution in [0.25, 0.3) is 0 Å². The van der Waals surface area contributed by atoms with Gasteiger partial charge in [0.25, 0.3) is 0 Å². The summed E-state index contributed by atoms with van der Waals surface area (Å²) in [5, 5.41) is 1.84. The van der Waals surface area contributed by atoms with Crippen LogP contribution < -0.4 is 9.47 Å². The van der Waals surface area contributed by atoms with Gasteiger partial charge in [-0.3, -0.25) is 0 Å². The summed E-state index contributed by atoms with van der Waals surface area (Å²) in [7, 11) is 0. The number of para-hydroxylation sites is 2. The number of benzene rings is 1. The van der Waals surface area contributed by atoms with E-state index in [1.165, 1.54) is 11.3 Å². The first-order chi connectivity index (χ1) is 8.66. The molecule has 18 heavy (non-hydrogen) atoms. The van der Waals surface area contributed by atoms with E-state index >= 15 is 0 Å². The number of thiophene rings is 1. The first kappa shape index (κ1) is 12.6. The van der Waals surface area contributed by atoms with E-state index in [0.29, 0.717) is 16.4 Å². The standard InChI is InChI=1S/C14H14O3S/c1-10(2)16-11-6-3-4-7-12(11)17-14(15)13-8-5-9-18-13/h3-10H,1-2H3. The van der Waals surface area contributed by atoms with Crippen molar-refractivity contribution < 1.29 is 14.3 Å². The number of ether oxygens (including phenoxy) is 2. The second-order valence-electron chi connectivity index (χ2n) is 3.98. The molecule has 2 rings (SSSR count). The van der Waals surface area contributed by atoms with E-state index in [-0.39, 0.29) is 12.1 Å². The average Bonchev–Trinajstić information content (AvgIpc) is 2.84. The molecule has 0 saturated heterocycles. The zero-order valence-corrected chi connectivity index (χ0v) is 11.1. The van der Waals surface area contributed by atoms with Crippen LogP contribution in [0.2, 0.25) is 0 Å². The molecule has 94 valence electrons.